The number of fused-ring (bicyclic) bond motifs is 2. The van der Waals surface area contributed by atoms with Gasteiger partial charge in [0.1, 0.15) is 5.82 Å². The number of carbonyl (C=O) groups is 1. The molecule has 1 aliphatic heterocycles. The number of carboxylic acids is 1. The highest BCUT2D eigenvalue weighted by atomic mass is 16.4. The van der Waals surface area contributed by atoms with Crippen molar-refractivity contribution in [1.29, 1.82) is 0 Å². The second-order valence-electron chi connectivity index (χ2n) is 5.52. The Balaban J connectivity index is 1.62. The molecule has 0 unspecified atom stereocenters. The molecule has 1 aromatic carbocycles. The molecule has 3 heterocycles. The number of hydrogen-bond acceptors (Lipinski definition) is 4. The van der Waals surface area contributed by atoms with Crippen LogP contribution in [0.2, 0.25) is 0 Å². The van der Waals surface area contributed by atoms with Gasteiger partial charge in [0.2, 0.25) is 0 Å². The van der Waals surface area contributed by atoms with Crippen molar-refractivity contribution in [2.24, 2.45) is 0 Å². The Morgan fingerprint density at radius 3 is 3.09 bits per heavy atom. The minimum atomic E-state index is -1.000. The molecule has 1 aliphatic rings. The number of rotatable bonds is 3. The molecular weight excluding hydrogens is 294 g/mol. The van der Waals surface area contributed by atoms with Gasteiger partial charge in [-0.25, -0.2) is 9.78 Å². The van der Waals surface area contributed by atoms with Crippen LogP contribution in [-0.4, -0.2) is 30.4 Å². The van der Waals surface area contributed by atoms with Crippen LogP contribution in [0.15, 0.2) is 42.9 Å². The van der Waals surface area contributed by atoms with E-state index in [-0.39, 0.29) is 5.69 Å². The molecule has 23 heavy (non-hydrogen) atoms. The zero-order valence-corrected chi connectivity index (χ0v) is 12.3. The van der Waals surface area contributed by atoms with Gasteiger partial charge in [-0.15, -0.1) is 0 Å². The second kappa shape index (κ2) is 5.28. The first-order valence-corrected chi connectivity index (χ1v) is 7.31. The van der Waals surface area contributed by atoms with Crippen LogP contribution in [0.5, 0.6) is 0 Å². The van der Waals surface area contributed by atoms with Gasteiger partial charge >= 0.3 is 5.97 Å². The van der Waals surface area contributed by atoms with Gasteiger partial charge in [-0.3, -0.25) is 4.68 Å². The Morgan fingerprint density at radius 1 is 1.39 bits per heavy atom. The molecule has 0 saturated carbocycles. The van der Waals surface area contributed by atoms with Crippen molar-refractivity contribution < 1.29 is 9.90 Å². The lowest BCUT2D eigenvalue weighted by molar-refractivity contribution is 0.0691. The summed E-state index contributed by atoms with van der Waals surface area (Å²) in [5, 5.41) is 16.6. The lowest BCUT2D eigenvalue weighted by Gasteiger charge is -2.10. The van der Waals surface area contributed by atoms with Crippen molar-refractivity contribution in [3.8, 4) is 0 Å². The number of nitrogens with one attached hydrogen (secondary N) is 1. The van der Waals surface area contributed by atoms with E-state index in [1.807, 2.05) is 21.5 Å². The number of aromatic carboxylic acids is 1. The van der Waals surface area contributed by atoms with Gasteiger partial charge in [0.15, 0.2) is 5.69 Å². The van der Waals surface area contributed by atoms with Crippen molar-refractivity contribution in [3.63, 3.8) is 0 Å². The van der Waals surface area contributed by atoms with Gasteiger partial charge in [0.05, 0.1) is 19.6 Å². The van der Waals surface area contributed by atoms with E-state index in [0.717, 1.165) is 29.2 Å². The van der Waals surface area contributed by atoms with E-state index >= 15 is 0 Å². The summed E-state index contributed by atoms with van der Waals surface area (Å²) in [6, 6.07) is 8.15. The summed E-state index contributed by atoms with van der Waals surface area (Å²) in [6.07, 6.45) is 5.29. The first-order valence-electron chi connectivity index (χ1n) is 7.31. The van der Waals surface area contributed by atoms with Gasteiger partial charge in [0.25, 0.3) is 0 Å². The van der Waals surface area contributed by atoms with Crippen LogP contribution in [-0.2, 0) is 19.6 Å². The van der Waals surface area contributed by atoms with E-state index in [4.69, 9.17) is 5.11 Å². The van der Waals surface area contributed by atoms with Crippen LogP contribution >= 0.6 is 0 Å². The average molecular weight is 309 g/mol. The summed E-state index contributed by atoms with van der Waals surface area (Å²) >= 11 is 0. The monoisotopic (exact) mass is 309 g/mol. The quantitative estimate of drug-likeness (QED) is 0.770. The van der Waals surface area contributed by atoms with Crippen LogP contribution in [0.3, 0.4) is 0 Å². The molecule has 0 aliphatic carbocycles. The summed E-state index contributed by atoms with van der Waals surface area (Å²) in [7, 11) is 0. The van der Waals surface area contributed by atoms with Crippen LogP contribution in [0.25, 0.3) is 0 Å². The highest BCUT2D eigenvalue weighted by Gasteiger charge is 2.17. The zero-order chi connectivity index (χ0) is 15.8. The molecule has 2 N–H and O–H groups in total. The van der Waals surface area contributed by atoms with Crippen LogP contribution in [0.1, 0.15) is 27.4 Å². The van der Waals surface area contributed by atoms with Gasteiger partial charge in [0, 0.05) is 24.3 Å². The Labute approximate surface area is 132 Å². The normalized spacial score (nSPS) is 12.9. The number of nitrogens with zero attached hydrogens (tertiary/aromatic N) is 4. The molecule has 116 valence electrons. The van der Waals surface area contributed by atoms with E-state index in [1.54, 1.807) is 12.4 Å². The largest absolute Gasteiger partial charge is 0.476 e. The summed E-state index contributed by atoms with van der Waals surface area (Å²) in [4.78, 5) is 15.2. The molecular formula is C16H15N5O2. The Morgan fingerprint density at radius 2 is 2.30 bits per heavy atom. The number of anilines is 1. The van der Waals surface area contributed by atoms with Gasteiger partial charge < -0.3 is 15.0 Å². The minimum Gasteiger partial charge on any atom is -0.476 e. The Hall–Kier alpha value is -3.09. The zero-order valence-electron chi connectivity index (χ0n) is 12.3. The number of hydrogen-bond donors (Lipinski definition) is 2. The third-order valence-corrected chi connectivity index (χ3v) is 3.93. The van der Waals surface area contributed by atoms with Crippen molar-refractivity contribution in [2.45, 2.75) is 19.6 Å². The molecule has 7 nitrogen and oxygen atoms in total. The van der Waals surface area contributed by atoms with E-state index in [9.17, 15) is 4.79 Å². The molecule has 0 atom stereocenters. The second-order valence-corrected chi connectivity index (χ2v) is 5.52. The average Bonchev–Trinajstić information content (AvgIpc) is 3.14. The van der Waals surface area contributed by atoms with Gasteiger partial charge in [-0.1, -0.05) is 12.1 Å². The third-order valence-electron chi connectivity index (χ3n) is 3.93. The SMILES string of the molecule is O=C(O)c1cn2c(n1)CNc1cc(Cn3cccn3)ccc1C2. The minimum absolute atomic E-state index is 0.0838. The van der Waals surface area contributed by atoms with Crippen molar-refractivity contribution in [3.05, 3.63) is 65.5 Å². The number of benzene rings is 1. The van der Waals surface area contributed by atoms with E-state index in [2.05, 4.69) is 33.6 Å². The van der Waals surface area contributed by atoms with Gasteiger partial charge in [-0.05, 0) is 23.3 Å². The van der Waals surface area contributed by atoms with Crippen molar-refractivity contribution in [2.75, 3.05) is 5.32 Å². The molecule has 0 spiro atoms. The fourth-order valence-electron chi connectivity index (χ4n) is 2.80. The maximum Gasteiger partial charge on any atom is 0.356 e. The fraction of sp³-hybridized carbons (Fsp3) is 0.188. The number of aromatic nitrogens is 4. The van der Waals surface area contributed by atoms with Crippen molar-refractivity contribution >= 4 is 11.7 Å². The smallest absolute Gasteiger partial charge is 0.356 e. The predicted molar refractivity (Wildman–Crippen MR) is 83.4 cm³/mol. The lowest BCUT2D eigenvalue weighted by Crippen LogP contribution is -2.04. The first kappa shape index (κ1) is 13.6. The molecule has 2 aromatic heterocycles. The standard InChI is InChI=1S/C16H15N5O2/c22-16(23)14-10-20-9-12-3-2-11(8-21-5-1-4-18-21)6-13(12)17-7-15(20)19-14/h1-6,10,17H,7-9H2,(H,22,23). The summed E-state index contributed by atoms with van der Waals surface area (Å²) in [6.45, 7) is 1.83. The van der Waals surface area contributed by atoms with E-state index in [1.165, 1.54) is 0 Å². The van der Waals surface area contributed by atoms with Gasteiger partial charge in [-0.2, -0.15) is 5.10 Å². The molecule has 0 radical (unpaired) electrons. The highest BCUT2D eigenvalue weighted by molar-refractivity contribution is 5.85. The van der Waals surface area contributed by atoms with E-state index < -0.39 is 5.97 Å². The van der Waals surface area contributed by atoms with Crippen LogP contribution in [0.4, 0.5) is 5.69 Å². The molecule has 0 saturated heterocycles. The predicted octanol–water partition coefficient (Wildman–Crippen LogP) is 1.80. The lowest BCUT2D eigenvalue weighted by atomic mass is 10.1. The molecule has 4 rings (SSSR count). The molecule has 3 aromatic rings. The number of imidazole rings is 1. The molecule has 0 fully saturated rings. The Bertz CT molecular complexity index is 867. The Kier molecular flexibility index (Phi) is 3.11. The van der Waals surface area contributed by atoms with Crippen LogP contribution < -0.4 is 5.32 Å². The topological polar surface area (TPSA) is 85.0 Å². The third kappa shape index (κ3) is 2.57. The summed E-state index contributed by atoms with van der Waals surface area (Å²) < 4.78 is 3.76. The summed E-state index contributed by atoms with van der Waals surface area (Å²) in [5.74, 6) is -0.271. The molecule has 0 bridgehead atoms. The summed E-state index contributed by atoms with van der Waals surface area (Å²) in [5.41, 5.74) is 3.41. The maximum absolute atomic E-state index is 11.0. The maximum atomic E-state index is 11.0. The first-order chi connectivity index (χ1) is 11.2. The van der Waals surface area contributed by atoms with Crippen molar-refractivity contribution in [1.82, 2.24) is 19.3 Å². The number of carboxylic acid groups (broad SMARTS) is 1. The van der Waals surface area contributed by atoms with Crippen LogP contribution in [0, 0.1) is 0 Å². The highest BCUT2D eigenvalue weighted by Crippen LogP contribution is 2.24. The molecule has 7 heteroatoms. The molecule has 0 amide bonds. The fourth-order valence-corrected chi connectivity index (χ4v) is 2.80. The van der Waals surface area contributed by atoms with E-state index in [0.29, 0.717) is 13.1 Å².